The number of cyclic esters (lactones) is 2. The molecule has 0 aromatic rings. The molecule has 0 amide bonds. The lowest BCUT2D eigenvalue weighted by atomic mass is 9.37. The zero-order chi connectivity index (χ0) is 24.6. The van der Waals surface area contributed by atoms with Gasteiger partial charge in [-0.25, -0.2) is 4.79 Å². The fraction of sp³-hybridized carbons (Fsp3) is 0.720. The number of ether oxygens (including phenoxy) is 3. The molecule has 7 atom stereocenters. The number of fused-ring (bicyclic) bond motifs is 2. The van der Waals surface area contributed by atoms with Gasteiger partial charge in [-0.3, -0.25) is 9.59 Å². The first-order valence-electron chi connectivity index (χ1n) is 11.6. The van der Waals surface area contributed by atoms with Crippen LogP contribution < -0.4 is 0 Å². The molecular formula is C25H32O8. The highest BCUT2D eigenvalue weighted by Crippen LogP contribution is 2.75. The van der Waals surface area contributed by atoms with Crippen molar-refractivity contribution >= 4 is 17.9 Å². The van der Waals surface area contributed by atoms with Crippen molar-refractivity contribution in [2.45, 2.75) is 96.2 Å². The Morgan fingerprint density at radius 3 is 2.24 bits per heavy atom. The third-order valence-electron chi connectivity index (χ3n) is 10.1. The lowest BCUT2D eigenvalue weighted by Gasteiger charge is -2.67. The van der Waals surface area contributed by atoms with Crippen LogP contribution in [-0.2, 0) is 28.6 Å². The summed E-state index contributed by atoms with van der Waals surface area (Å²) >= 11 is 0. The summed E-state index contributed by atoms with van der Waals surface area (Å²) in [6, 6.07) is 0. The normalized spacial score (nSPS) is 50.4. The minimum atomic E-state index is -2.28. The molecule has 2 spiro atoms. The molecule has 3 heterocycles. The SMILES string of the molecule is C=C1[C@@]23C(=O)O[C@H](C)[C@@]2(O)C(=O)O[C@]1(C)[C@@H](O)C1=C(C)[C@]2(CCC(=O)OC2(C)C)CC[C@@]13C. The summed E-state index contributed by atoms with van der Waals surface area (Å²) in [4.78, 5) is 39.0. The first-order valence-corrected chi connectivity index (χ1v) is 11.6. The van der Waals surface area contributed by atoms with Crippen LogP contribution in [0.15, 0.2) is 23.3 Å². The average Bonchev–Trinajstić information content (AvgIpc) is 2.91. The molecule has 0 unspecified atom stereocenters. The molecule has 2 N–H and O–H groups in total. The Morgan fingerprint density at radius 1 is 1.00 bits per heavy atom. The van der Waals surface area contributed by atoms with Crippen LogP contribution in [0.4, 0.5) is 0 Å². The Balaban J connectivity index is 1.86. The molecule has 3 saturated heterocycles. The van der Waals surface area contributed by atoms with Gasteiger partial charge in [0.2, 0.25) is 5.60 Å². The van der Waals surface area contributed by atoms with Gasteiger partial charge in [0, 0.05) is 17.3 Å². The van der Waals surface area contributed by atoms with E-state index in [2.05, 4.69) is 6.58 Å². The monoisotopic (exact) mass is 460 g/mol. The Kier molecular flexibility index (Phi) is 4.03. The maximum absolute atomic E-state index is 13.6. The second kappa shape index (κ2) is 5.89. The number of hydrogen-bond acceptors (Lipinski definition) is 8. The number of aliphatic hydroxyl groups is 2. The molecule has 2 aliphatic carbocycles. The van der Waals surface area contributed by atoms with Gasteiger partial charge in [-0.05, 0) is 65.0 Å². The molecule has 2 bridgehead atoms. The summed E-state index contributed by atoms with van der Waals surface area (Å²) in [5.41, 5.74) is -6.81. The molecule has 5 aliphatic rings. The highest BCUT2D eigenvalue weighted by molar-refractivity contribution is 6.01. The van der Waals surface area contributed by atoms with Crippen LogP contribution in [0.2, 0.25) is 0 Å². The van der Waals surface area contributed by atoms with E-state index in [0.29, 0.717) is 24.8 Å². The van der Waals surface area contributed by atoms with Crippen LogP contribution >= 0.6 is 0 Å². The first-order chi connectivity index (χ1) is 15.1. The Hall–Kier alpha value is -2.19. The summed E-state index contributed by atoms with van der Waals surface area (Å²) in [7, 11) is 0. The molecule has 0 aromatic heterocycles. The van der Waals surface area contributed by atoms with E-state index in [0.717, 1.165) is 5.57 Å². The third-order valence-corrected chi connectivity index (χ3v) is 10.1. The third kappa shape index (κ3) is 1.98. The Morgan fingerprint density at radius 2 is 1.64 bits per heavy atom. The van der Waals surface area contributed by atoms with Gasteiger partial charge in [-0.15, -0.1) is 0 Å². The van der Waals surface area contributed by atoms with Crippen LogP contribution in [0, 0.1) is 16.2 Å². The highest BCUT2D eigenvalue weighted by Gasteiger charge is 2.87. The maximum Gasteiger partial charge on any atom is 0.344 e. The van der Waals surface area contributed by atoms with Crippen molar-refractivity contribution in [2.24, 2.45) is 16.2 Å². The van der Waals surface area contributed by atoms with Crippen LogP contribution in [0.25, 0.3) is 0 Å². The van der Waals surface area contributed by atoms with E-state index in [4.69, 9.17) is 14.2 Å². The predicted octanol–water partition coefficient (Wildman–Crippen LogP) is 2.11. The molecule has 180 valence electrons. The van der Waals surface area contributed by atoms with Gasteiger partial charge < -0.3 is 24.4 Å². The zero-order valence-corrected chi connectivity index (χ0v) is 20.0. The molecule has 0 radical (unpaired) electrons. The number of aliphatic hydroxyl groups excluding tert-OH is 1. The van der Waals surface area contributed by atoms with Crippen molar-refractivity contribution < 1.29 is 38.8 Å². The number of rotatable bonds is 0. The molecule has 33 heavy (non-hydrogen) atoms. The summed E-state index contributed by atoms with van der Waals surface area (Å²) in [6.45, 7) is 14.6. The highest BCUT2D eigenvalue weighted by atomic mass is 16.6. The first kappa shape index (κ1) is 22.6. The molecule has 4 fully saturated rings. The molecule has 3 aliphatic heterocycles. The number of hydrogen-bond donors (Lipinski definition) is 2. The fourth-order valence-electron chi connectivity index (χ4n) is 8.11. The van der Waals surface area contributed by atoms with Crippen molar-refractivity contribution in [1.29, 1.82) is 0 Å². The Bertz CT molecular complexity index is 1070. The number of carbonyl (C=O) groups excluding carboxylic acids is 3. The molecule has 5 rings (SSSR count). The van der Waals surface area contributed by atoms with Gasteiger partial charge in [0.15, 0.2) is 5.60 Å². The average molecular weight is 461 g/mol. The van der Waals surface area contributed by atoms with Gasteiger partial charge in [0.05, 0.1) is 0 Å². The van der Waals surface area contributed by atoms with Crippen molar-refractivity contribution in [3.8, 4) is 0 Å². The maximum atomic E-state index is 13.6. The lowest BCUT2D eigenvalue weighted by molar-refractivity contribution is -0.242. The smallest absolute Gasteiger partial charge is 0.344 e. The molecule has 1 saturated carbocycles. The molecule has 8 heteroatoms. The van der Waals surface area contributed by atoms with Gasteiger partial charge in [-0.2, -0.15) is 0 Å². The molecule has 8 nitrogen and oxygen atoms in total. The minimum absolute atomic E-state index is 0.156. The topological polar surface area (TPSA) is 119 Å². The van der Waals surface area contributed by atoms with E-state index >= 15 is 0 Å². The van der Waals surface area contributed by atoms with Crippen molar-refractivity contribution in [3.05, 3.63) is 23.3 Å². The minimum Gasteiger partial charge on any atom is -0.459 e. The fourth-order valence-corrected chi connectivity index (χ4v) is 8.11. The largest absolute Gasteiger partial charge is 0.459 e. The second-order valence-corrected chi connectivity index (χ2v) is 11.4. The van der Waals surface area contributed by atoms with E-state index in [-0.39, 0.29) is 18.0 Å². The standard InChI is InChI=1S/C25H32O8/c1-12-16-17(27)22(7)13(2)24(18(28)31-14(3)25(24,30)19(29)33-22)21(16,6)10-11-23(12)9-8-15(26)32-20(23,4)5/h14,17,27,30H,2,8-11H2,1,3-7H3/t14-,17+,21+,22+,23+,24+,25-/m1/s1. The van der Waals surface area contributed by atoms with Crippen molar-refractivity contribution in [2.75, 3.05) is 0 Å². The predicted molar refractivity (Wildman–Crippen MR) is 114 cm³/mol. The van der Waals surface area contributed by atoms with Crippen LogP contribution in [0.3, 0.4) is 0 Å². The summed E-state index contributed by atoms with van der Waals surface area (Å²) in [6.07, 6.45) is -0.770. The number of esters is 3. The van der Waals surface area contributed by atoms with Crippen molar-refractivity contribution in [1.82, 2.24) is 0 Å². The van der Waals surface area contributed by atoms with E-state index in [1.165, 1.54) is 13.8 Å². The summed E-state index contributed by atoms with van der Waals surface area (Å²) < 4.78 is 17.0. The molecule has 0 aromatic carbocycles. The van der Waals surface area contributed by atoms with Crippen molar-refractivity contribution in [3.63, 3.8) is 0 Å². The number of carbonyl (C=O) groups is 3. The van der Waals surface area contributed by atoms with Crippen LogP contribution in [-0.4, -0.2) is 57.1 Å². The quantitative estimate of drug-likeness (QED) is 0.321. The zero-order valence-electron chi connectivity index (χ0n) is 20.0. The lowest BCUT2D eigenvalue weighted by Crippen LogP contribution is -2.78. The van der Waals surface area contributed by atoms with Gasteiger partial charge in [0.1, 0.15) is 23.2 Å². The summed E-state index contributed by atoms with van der Waals surface area (Å²) in [5, 5.41) is 23.6. The van der Waals surface area contributed by atoms with Crippen LogP contribution in [0.1, 0.15) is 67.2 Å². The van der Waals surface area contributed by atoms with Crippen LogP contribution in [0.5, 0.6) is 0 Å². The summed E-state index contributed by atoms with van der Waals surface area (Å²) in [5.74, 6) is -1.98. The van der Waals surface area contributed by atoms with E-state index < -0.39 is 57.2 Å². The Labute approximate surface area is 193 Å². The van der Waals surface area contributed by atoms with E-state index in [9.17, 15) is 24.6 Å². The second-order valence-electron chi connectivity index (χ2n) is 11.4. The molecular weight excluding hydrogens is 428 g/mol. The van der Waals surface area contributed by atoms with E-state index in [1.807, 2.05) is 20.8 Å². The van der Waals surface area contributed by atoms with Gasteiger partial charge in [0.25, 0.3) is 0 Å². The van der Waals surface area contributed by atoms with Gasteiger partial charge in [-0.1, -0.05) is 19.1 Å². The van der Waals surface area contributed by atoms with Gasteiger partial charge >= 0.3 is 17.9 Å². The van der Waals surface area contributed by atoms with E-state index in [1.54, 1.807) is 6.92 Å².